The zero-order valence-corrected chi connectivity index (χ0v) is 8.48. The maximum Gasteiger partial charge on any atom is 0.223 e. The van der Waals surface area contributed by atoms with Crippen LogP contribution in [0.3, 0.4) is 0 Å². The Labute approximate surface area is 74.7 Å². The van der Waals surface area contributed by atoms with Gasteiger partial charge in [-0.25, -0.2) is 0 Å². The van der Waals surface area contributed by atoms with Gasteiger partial charge in [-0.1, -0.05) is 27.7 Å². The SMILES string of the molecule is CCC1(CC)NC(=O)[C@H](C)[C@H]1C. The van der Waals surface area contributed by atoms with Crippen LogP contribution >= 0.6 is 0 Å². The number of carbonyl (C=O) groups is 1. The van der Waals surface area contributed by atoms with Crippen molar-refractivity contribution in [3.05, 3.63) is 0 Å². The largest absolute Gasteiger partial charge is 0.350 e. The third-order valence-electron chi connectivity index (χ3n) is 3.67. The number of hydrogen-bond acceptors (Lipinski definition) is 1. The fourth-order valence-electron chi connectivity index (χ4n) is 2.25. The van der Waals surface area contributed by atoms with Gasteiger partial charge in [-0.15, -0.1) is 0 Å². The smallest absolute Gasteiger partial charge is 0.223 e. The highest BCUT2D eigenvalue weighted by molar-refractivity contribution is 5.82. The Morgan fingerprint density at radius 1 is 1.33 bits per heavy atom. The van der Waals surface area contributed by atoms with Crippen molar-refractivity contribution in [2.75, 3.05) is 0 Å². The molecule has 2 atom stereocenters. The van der Waals surface area contributed by atoms with Crippen molar-refractivity contribution in [2.45, 2.75) is 46.1 Å². The van der Waals surface area contributed by atoms with Gasteiger partial charge in [0.15, 0.2) is 0 Å². The van der Waals surface area contributed by atoms with E-state index < -0.39 is 0 Å². The lowest BCUT2D eigenvalue weighted by Crippen LogP contribution is -2.43. The van der Waals surface area contributed by atoms with E-state index in [-0.39, 0.29) is 17.4 Å². The Bertz CT molecular complexity index is 184. The summed E-state index contributed by atoms with van der Waals surface area (Å²) in [4.78, 5) is 11.4. The van der Waals surface area contributed by atoms with Crippen LogP contribution in [-0.4, -0.2) is 11.4 Å². The van der Waals surface area contributed by atoms with E-state index in [1.54, 1.807) is 0 Å². The Morgan fingerprint density at radius 3 is 2.00 bits per heavy atom. The van der Waals surface area contributed by atoms with Crippen LogP contribution in [0.25, 0.3) is 0 Å². The maximum absolute atomic E-state index is 11.4. The van der Waals surface area contributed by atoms with E-state index in [4.69, 9.17) is 0 Å². The minimum atomic E-state index is 0.0799. The molecule has 0 spiro atoms. The highest BCUT2D eigenvalue weighted by atomic mass is 16.2. The molecule has 0 bridgehead atoms. The average Bonchev–Trinajstić information content (AvgIpc) is 2.30. The second-order valence-electron chi connectivity index (χ2n) is 3.93. The molecule has 0 unspecified atom stereocenters. The summed E-state index contributed by atoms with van der Waals surface area (Å²) >= 11 is 0. The molecule has 1 heterocycles. The van der Waals surface area contributed by atoms with E-state index in [0.717, 1.165) is 12.8 Å². The number of nitrogens with one attached hydrogen (secondary N) is 1. The summed E-state index contributed by atoms with van der Waals surface area (Å²) in [6.07, 6.45) is 2.08. The summed E-state index contributed by atoms with van der Waals surface area (Å²) in [5, 5.41) is 3.13. The van der Waals surface area contributed by atoms with Crippen molar-refractivity contribution in [1.82, 2.24) is 5.32 Å². The van der Waals surface area contributed by atoms with E-state index >= 15 is 0 Å². The third-order valence-corrected chi connectivity index (χ3v) is 3.67. The van der Waals surface area contributed by atoms with E-state index in [2.05, 4.69) is 26.1 Å². The van der Waals surface area contributed by atoms with Crippen LogP contribution in [0.4, 0.5) is 0 Å². The highest BCUT2D eigenvalue weighted by Crippen LogP contribution is 2.36. The summed E-state index contributed by atoms with van der Waals surface area (Å²) in [5.74, 6) is 0.885. The van der Waals surface area contributed by atoms with Crippen LogP contribution in [0.5, 0.6) is 0 Å². The van der Waals surface area contributed by atoms with Crippen molar-refractivity contribution < 1.29 is 4.79 Å². The van der Waals surface area contributed by atoms with Crippen LogP contribution in [0, 0.1) is 11.8 Å². The van der Waals surface area contributed by atoms with E-state index in [1.165, 1.54) is 0 Å². The molecule has 1 amide bonds. The molecule has 12 heavy (non-hydrogen) atoms. The van der Waals surface area contributed by atoms with Gasteiger partial charge >= 0.3 is 0 Å². The monoisotopic (exact) mass is 169 g/mol. The van der Waals surface area contributed by atoms with Crippen molar-refractivity contribution in [3.63, 3.8) is 0 Å². The molecule has 0 aromatic rings. The lowest BCUT2D eigenvalue weighted by Gasteiger charge is -2.31. The summed E-state index contributed by atoms with van der Waals surface area (Å²) in [7, 11) is 0. The van der Waals surface area contributed by atoms with Crippen molar-refractivity contribution in [3.8, 4) is 0 Å². The van der Waals surface area contributed by atoms with Gasteiger partial charge in [-0.2, -0.15) is 0 Å². The standard InChI is InChI=1S/C10H19NO/c1-5-10(6-2)8(4)7(3)9(12)11-10/h7-8H,5-6H2,1-4H3,(H,11,12)/t7-,8-/m1/s1. The Hall–Kier alpha value is -0.530. The Kier molecular flexibility index (Phi) is 2.45. The predicted octanol–water partition coefficient (Wildman–Crippen LogP) is 1.95. The first kappa shape index (κ1) is 9.56. The van der Waals surface area contributed by atoms with Crippen LogP contribution in [0.1, 0.15) is 40.5 Å². The van der Waals surface area contributed by atoms with Gasteiger partial charge in [0.2, 0.25) is 5.91 Å². The third kappa shape index (κ3) is 1.13. The first-order chi connectivity index (χ1) is 5.57. The molecule has 1 aliphatic heterocycles. The number of rotatable bonds is 2. The molecule has 0 aromatic carbocycles. The Morgan fingerprint density at radius 2 is 1.83 bits per heavy atom. The summed E-state index contributed by atoms with van der Waals surface area (Å²) in [6, 6.07) is 0. The predicted molar refractivity (Wildman–Crippen MR) is 49.8 cm³/mol. The summed E-state index contributed by atoms with van der Waals surface area (Å²) in [5.41, 5.74) is 0.0799. The lowest BCUT2D eigenvalue weighted by molar-refractivity contribution is -0.122. The second-order valence-corrected chi connectivity index (χ2v) is 3.93. The molecule has 1 N–H and O–H groups in total. The second kappa shape index (κ2) is 3.08. The molecule has 1 saturated heterocycles. The van der Waals surface area contributed by atoms with Gasteiger partial charge in [0, 0.05) is 11.5 Å². The normalized spacial score (nSPS) is 33.5. The van der Waals surface area contributed by atoms with Gasteiger partial charge in [-0.3, -0.25) is 4.79 Å². The van der Waals surface area contributed by atoms with Gasteiger partial charge in [0.25, 0.3) is 0 Å². The van der Waals surface area contributed by atoms with Gasteiger partial charge < -0.3 is 5.32 Å². The molecule has 0 aliphatic carbocycles. The van der Waals surface area contributed by atoms with Gasteiger partial charge in [0.1, 0.15) is 0 Å². The molecular formula is C10H19NO. The first-order valence-electron chi connectivity index (χ1n) is 4.89. The van der Waals surface area contributed by atoms with Crippen LogP contribution < -0.4 is 5.32 Å². The quantitative estimate of drug-likeness (QED) is 0.672. The van der Waals surface area contributed by atoms with Gasteiger partial charge in [-0.05, 0) is 18.8 Å². The van der Waals surface area contributed by atoms with E-state index in [9.17, 15) is 4.79 Å². The van der Waals surface area contributed by atoms with Crippen molar-refractivity contribution in [1.29, 1.82) is 0 Å². The van der Waals surface area contributed by atoms with Crippen molar-refractivity contribution in [2.24, 2.45) is 11.8 Å². The zero-order chi connectivity index (χ0) is 9.35. The molecule has 1 rings (SSSR count). The molecule has 2 nitrogen and oxygen atoms in total. The molecule has 0 aromatic heterocycles. The minimum Gasteiger partial charge on any atom is -0.350 e. The van der Waals surface area contributed by atoms with E-state index in [1.807, 2.05) is 6.92 Å². The lowest BCUT2D eigenvalue weighted by atomic mass is 9.78. The molecule has 70 valence electrons. The molecule has 1 fully saturated rings. The van der Waals surface area contributed by atoms with Crippen LogP contribution in [0.15, 0.2) is 0 Å². The molecular weight excluding hydrogens is 150 g/mol. The molecule has 0 saturated carbocycles. The van der Waals surface area contributed by atoms with Crippen LogP contribution in [-0.2, 0) is 4.79 Å². The van der Waals surface area contributed by atoms with Crippen LogP contribution in [0.2, 0.25) is 0 Å². The zero-order valence-electron chi connectivity index (χ0n) is 8.48. The maximum atomic E-state index is 11.4. The fraction of sp³-hybridized carbons (Fsp3) is 0.900. The number of amides is 1. The average molecular weight is 169 g/mol. The van der Waals surface area contributed by atoms with E-state index in [0.29, 0.717) is 5.92 Å². The summed E-state index contributed by atoms with van der Waals surface area (Å²) < 4.78 is 0. The highest BCUT2D eigenvalue weighted by Gasteiger charge is 2.45. The first-order valence-corrected chi connectivity index (χ1v) is 4.89. The number of hydrogen-bond donors (Lipinski definition) is 1. The number of carbonyl (C=O) groups excluding carboxylic acids is 1. The van der Waals surface area contributed by atoms with Gasteiger partial charge in [0.05, 0.1) is 0 Å². The summed E-state index contributed by atoms with van der Waals surface area (Å²) in [6.45, 7) is 8.50. The van der Waals surface area contributed by atoms with Crippen molar-refractivity contribution >= 4 is 5.91 Å². The molecule has 0 radical (unpaired) electrons. The minimum absolute atomic E-state index is 0.0799. The fourth-order valence-corrected chi connectivity index (χ4v) is 2.25. The molecule has 1 aliphatic rings. The molecule has 2 heteroatoms. The Balaban J connectivity index is 2.86. The topological polar surface area (TPSA) is 29.1 Å².